The van der Waals surface area contributed by atoms with E-state index < -0.39 is 5.97 Å². The summed E-state index contributed by atoms with van der Waals surface area (Å²) in [5.41, 5.74) is 0. The predicted molar refractivity (Wildman–Crippen MR) is 68.2 cm³/mol. The van der Waals surface area contributed by atoms with Gasteiger partial charge in [0.2, 0.25) is 5.91 Å². The maximum Gasteiger partial charge on any atom is 0.310 e. The third-order valence-electron chi connectivity index (χ3n) is 6.05. The van der Waals surface area contributed by atoms with E-state index in [2.05, 4.69) is 0 Å². The average Bonchev–Trinajstić information content (AvgIpc) is 2.24. The summed E-state index contributed by atoms with van der Waals surface area (Å²) in [5, 5.41) is 8.91. The monoisotopic (exact) mass is 263 g/mol. The zero-order valence-electron chi connectivity index (χ0n) is 11.1. The van der Waals surface area contributed by atoms with Gasteiger partial charge in [0, 0.05) is 19.0 Å². The first-order valence-corrected chi connectivity index (χ1v) is 7.63. The molecule has 19 heavy (non-hydrogen) atoms. The van der Waals surface area contributed by atoms with E-state index in [0.717, 1.165) is 11.8 Å². The van der Waals surface area contributed by atoms with Crippen molar-refractivity contribution in [2.75, 3.05) is 13.1 Å². The second kappa shape index (κ2) is 3.97. The summed E-state index contributed by atoms with van der Waals surface area (Å²) < 4.78 is 0. The number of hydrogen-bond donors (Lipinski definition) is 1. The summed E-state index contributed by atoms with van der Waals surface area (Å²) in [7, 11) is 0. The van der Waals surface area contributed by atoms with Gasteiger partial charge < -0.3 is 10.0 Å². The standard InChI is InChI=1S/C15H21NO3/c17-14(16-6-12(7-16)15(18)19)13-10-2-8-1-9(4-10)5-11(13)3-8/h8-13H,1-7H2,(H,18,19). The number of likely N-dealkylation sites (tertiary alicyclic amines) is 1. The lowest BCUT2D eigenvalue weighted by Gasteiger charge is -2.55. The van der Waals surface area contributed by atoms with Crippen molar-refractivity contribution in [1.82, 2.24) is 4.90 Å². The SMILES string of the molecule is O=C(O)C1CN(C(=O)C2C3CC4CC(C3)CC2C4)C1. The van der Waals surface area contributed by atoms with Crippen LogP contribution in [0.25, 0.3) is 0 Å². The minimum absolute atomic E-state index is 0.225. The Morgan fingerprint density at radius 1 is 0.895 bits per heavy atom. The number of amides is 1. The van der Waals surface area contributed by atoms with Gasteiger partial charge in [-0.3, -0.25) is 9.59 Å². The summed E-state index contributed by atoms with van der Waals surface area (Å²) in [6.07, 6.45) is 6.40. The summed E-state index contributed by atoms with van der Waals surface area (Å²) in [6, 6.07) is 0. The third kappa shape index (κ3) is 1.72. The Morgan fingerprint density at radius 3 is 1.89 bits per heavy atom. The van der Waals surface area contributed by atoms with Crippen molar-refractivity contribution in [3.63, 3.8) is 0 Å². The van der Waals surface area contributed by atoms with E-state index in [1.54, 1.807) is 4.90 Å². The average molecular weight is 263 g/mol. The molecule has 4 aliphatic carbocycles. The molecule has 5 fully saturated rings. The largest absolute Gasteiger partial charge is 0.481 e. The van der Waals surface area contributed by atoms with Gasteiger partial charge in [-0.1, -0.05) is 0 Å². The van der Waals surface area contributed by atoms with Crippen LogP contribution in [0.15, 0.2) is 0 Å². The zero-order valence-corrected chi connectivity index (χ0v) is 11.1. The molecule has 1 amide bonds. The van der Waals surface area contributed by atoms with Gasteiger partial charge in [0.1, 0.15) is 0 Å². The predicted octanol–water partition coefficient (Wildman–Crippen LogP) is 1.60. The summed E-state index contributed by atoms with van der Waals surface area (Å²) >= 11 is 0. The van der Waals surface area contributed by atoms with Gasteiger partial charge in [0.25, 0.3) is 0 Å². The Balaban J connectivity index is 1.45. The molecule has 4 bridgehead atoms. The first-order valence-electron chi connectivity index (χ1n) is 7.63. The molecule has 0 spiro atoms. The Kier molecular flexibility index (Phi) is 2.45. The molecular weight excluding hydrogens is 242 g/mol. The number of rotatable bonds is 2. The highest BCUT2D eigenvalue weighted by Gasteiger charge is 2.52. The van der Waals surface area contributed by atoms with Crippen molar-refractivity contribution in [2.24, 2.45) is 35.5 Å². The topological polar surface area (TPSA) is 57.6 Å². The Hall–Kier alpha value is -1.06. The van der Waals surface area contributed by atoms with Crippen LogP contribution in [0.2, 0.25) is 0 Å². The highest BCUT2D eigenvalue weighted by Crippen LogP contribution is 2.57. The Labute approximate surface area is 113 Å². The fourth-order valence-electron chi connectivity index (χ4n) is 5.35. The van der Waals surface area contributed by atoms with Crippen LogP contribution >= 0.6 is 0 Å². The number of aliphatic carboxylic acids is 1. The number of hydrogen-bond acceptors (Lipinski definition) is 2. The molecule has 0 aromatic carbocycles. The van der Waals surface area contributed by atoms with Gasteiger partial charge in [-0.2, -0.15) is 0 Å². The van der Waals surface area contributed by atoms with Crippen molar-refractivity contribution in [2.45, 2.75) is 32.1 Å². The van der Waals surface area contributed by atoms with Crippen LogP contribution in [-0.2, 0) is 9.59 Å². The molecule has 1 saturated heterocycles. The quantitative estimate of drug-likeness (QED) is 0.823. The molecule has 1 heterocycles. The van der Waals surface area contributed by atoms with Crippen molar-refractivity contribution >= 4 is 11.9 Å². The minimum atomic E-state index is -0.755. The smallest absolute Gasteiger partial charge is 0.310 e. The van der Waals surface area contributed by atoms with Crippen LogP contribution in [0.5, 0.6) is 0 Å². The summed E-state index contributed by atoms with van der Waals surface area (Å²) in [4.78, 5) is 25.2. The molecule has 1 N–H and O–H groups in total. The minimum Gasteiger partial charge on any atom is -0.481 e. The van der Waals surface area contributed by atoms with Gasteiger partial charge in [0.15, 0.2) is 0 Å². The van der Waals surface area contributed by atoms with Crippen molar-refractivity contribution in [1.29, 1.82) is 0 Å². The Bertz CT molecular complexity index is 399. The molecule has 4 heteroatoms. The van der Waals surface area contributed by atoms with E-state index in [4.69, 9.17) is 5.11 Å². The van der Waals surface area contributed by atoms with Crippen LogP contribution < -0.4 is 0 Å². The van der Waals surface area contributed by atoms with Crippen molar-refractivity contribution in [3.8, 4) is 0 Å². The van der Waals surface area contributed by atoms with Crippen LogP contribution in [0.1, 0.15) is 32.1 Å². The first-order chi connectivity index (χ1) is 9.11. The second-order valence-corrected chi connectivity index (χ2v) is 7.23. The molecule has 4 saturated carbocycles. The molecule has 5 aliphatic rings. The van der Waals surface area contributed by atoms with E-state index in [0.29, 0.717) is 24.9 Å². The number of nitrogens with zero attached hydrogens (tertiary/aromatic N) is 1. The lowest BCUT2D eigenvalue weighted by molar-refractivity contribution is -0.161. The zero-order chi connectivity index (χ0) is 13.1. The van der Waals surface area contributed by atoms with Gasteiger partial charge >= 0.3 is 5.97 Å². The highest BCUT2D eigenvalue weighted by atomic mass is 16.4. The van der Waals surface area contributed by atoms with E-state index in [-0.39, 0.29) is 17.7 Å². The summed E-state index contributed by atoms with van der Waals surface area (Å²) in [5.74, 6) is 2.40. The van der Waals surface area contributed by atoms with E-state index in [1.165, 1.54) is 32.1 Å². The molecule has 5 rings (SSSR count). The molecule has 0 atom stereocenters. The van der Waals surface area contributed by atoms with Crippen LogP contribution in [0.3, 0.4) is 0 Å². The van der Waals surface area contributed by atoms with Crippen molar-refractivity contribution < 1.29 is 14.7 Å². The normalized spacial score (nSPS) is 44.2. The molecule has 1 aliphatic heterocycles. The molecule has 0 aromatic rings. The third-order valence-corrected chi connectivity index (χ3v) is 6.05. The van der Waals surface area contributed by atoms with E-state index >= 15 is 0 Å². The number of carbonyl (C=O) groups excluding carboxylic acids is 1. The maximum atomic E-state index is 12.6. The van der Waals surface area contributed by atoms with Gasteiger partial charge in [-0.25, -0.2) is 0 Å². The van der Waals surface area contributed by atoms with Crippen LogP contribution in [0, 0.1) is 35.5 Å². The molecule has 0 unspecified atom stereocenters. The van der Waals surface area contributed by atoms with Crippen LogP contribution in [0.4, 0.5) is 0 Å². The van der Waals surface area contributed by atoms with E-state index in [1.807, 2.05) is 0 Å². The highest BCUT2D eigenvalue weighted by molar-refractivity contribution is 5.83. The van der Waals surface area contributed by atoms with Crippen molar-refractivity contribution in [3.05, 3.63) is 0 Å². The maximum absolute atomic E-state index is 12.6. The first kappa shape index (κ1) is 11.7. The number of carboxylic acid groups (broad SMARTS) is 1. The Morgan fingerprint density at radius 2 is 1.42 bits per heavy atom. The fourth-order valence-corrected chi connectivity index (χ4v) is 5.35. The molecule has 4 nitrogen and oxygen atoms in total. The van der Waals surface area contributed by atoms with Gasteiger partial charge in [0.05, 0.1) is 5.92 Å². The second-order valence-electron chi connectivity index (χ2n) is 7.23. The lowest BCUT2D eigenvalue weighted by atomic mass is 9.51. The van der Waals surface area contributed by atoms with Crippen LogP contribution in [-0.4, -0.2) is 35.0 Å². The number of carboxylic acids is 1. The molecule has 104 valence electrons. The molecule has 0 radical (unpaired) electrons. The van der Waals surface area contributed by atoms with Gasteiger partial charge in [-0.15, -0.1) is 0 Å². The lowest BCUT2D eigenvalue weighted by Crippen LogP contribution is -2.59. The molecular formula is C15H21NO3. The molecule has 0 aromatic heterocycles. The van der Waals surface area contributed by atoms with E-state index in [9.17, 15) is 9.59 Å². The van der Waals surface area contributed by atoms with Gasteiger partial charge in [-0.05, 0) is 55.8 Å². The summed E-state index contributed by atoms with van der Waals surface area (Å²) in [6.45, 7) is 0.883. The fraction of sp³-hybridized carbons (Fsp3) is 0.867. The number of carbonyl (C=O) groups is 2.